The van der Waals surface area contributed by atoms with E-state index in [1.807, 2.05) is 35.4 Å². The number of hydrogen-bond donors (Lipinski definition) is 0. The SMILES string of the molecule is CCN(CC)C(=O)[C@@H]1C=C2c3cccc4c3c(c(Br)n4COC(=O)OC)C[C@H]2N(C)C1. The molecular formula is C23H28BrN3O4. The Hall–Kier alpha value is -2.32. The molecule has 7 nitrogen and oxygen atoms in total. The van der Waals surface area contributed by atoms with Gasteiger partial charge in [-0.25, -0.2) is 4.79 Å². The molecule has 0 saturated heterocycles. The van der Waals surface area contributed by atoms with Crippen molar-refractivity contribution in [1.82, 2.24) is 14.4 Å². The highest BCUT2D eigenvalue weighted by Crippen LogP contribution is 2.44. The van der Waals surface area contributed by atoms with Gasteiger partial charge in [-0.15, -0.1) is 0 Å². The van der Waals surface area contributed by atoms with Gasteiger partial charge in [0.15, 0.2) is 6.73 Å². The molecule has 2 aromatic rings. The lowest BCUT2D eigenvalue weighted by atomic mass is 9.79. The lowest BCUT2D eigenvalue weighted by Gasteiger charge is -2.40. The van der Waals surface area contributed by atoms with E-state index in [1.54, 1.807) is 0 Å². The normalized spacial score (nSPS) is 20.2. The van der Waals surface area contributed by atoms with Crippen LogP contribution < -0.4 is 0 Å². The number of aromatic nitrogens is 1. The van der Waals surface area contributed by atoms with Crippen LogP contribution in [0.1, 0.15) is 25.0 Å². The third-order valence-corrected chi connectivity index (χ3v) is 7.36. The molecule has 1 aromatic heterocycles. The van der Waals surface area contributed by atoms with Gasteiger partial charge in [0, 0.05) is 31.1 Å². The zero-order chi connectivity index (χ0) is 22.3. The Bertz CT molecular complexity index is 1060. The zero-order valence-corrected chi connectivity index (χ0v) is 19.9. The molecule has 8 heteroatoms. The van der Waals surface area contributed by atoms with Gasteiger partial charge in [-0.1, -0.05) is 18.2 Å². The number of fused-ring (bicyclic) bond motifs is 2. The summed E-state index contributed by atoms with van der Waals surface area (Å²) in [6.07, 6.45) is 2.29. The van der Waals surface area contributed by atoms with E-state index in [1.165, 1.54) is 18.2 Å². The summed E-state index contributed by atoms with van der Waals surface area (Å²) in [5.41, 5.74) is 4.53. The molecule has 0 radical (unpaired) electrons. The predicted octanol–water partition coefficient (Wildman–Crippen LogP) is 3.88. The second-order valence-electron chi connectivity index (χ2n) is 8.02. The van der Waals surface area contributed by atoms with Crippen LogP contribution in [0.5, 0.6) is 0 Å². The maximum atomic E-state index is 13.1. The molecule has 2 aliphatic rings. The first kappa shape index (κ1) is 21.9. The Morgan fingerprint density at radius 1 is 1.26 bits per heavy atom. The van der Waals surface area contributed by atoms with Gasteiger partial charge >= 0.3 is 6.16 Å². The number of likely N-dealkylation sites (N-methyl/N-ethyl adjacent to an activating group) is 1. The number of rotatable bonds is 5. The number of ether oxygens (including phenoxy) is 2. The van der Waals surface area contributed by atoms with Crippen molar-refractivity contribution in [3.8, 4) is 0 Å². The maximum absolute atomic E-state index is 13.1. The van der Waals surface area contributed by atoms with Crippen LogP contribution in [0.3, 0.4) is 0 Å². The van der Waals surface area contributed by atoms with E-state index in [0.29, 0.717) is 6.54 Å². The maximum Gasteiger partial charge on any atom is 0.509 e. The van der Waals surface area contributed by atoms with Crippen molar-refractivity contribution >= 4 is 44.5 Å². The van der Waals surface area contributed by atoms with Gasteiger partial charge in [0.1, 0.15) is 0 Å². The molecule has 1 aliphatic heterocycles. The first-order valence-electron chi connectivity index (χ1n) is 10.6. The number of nitrogens with zero attached hydrogens (tertiary/aromatic N) is 3. The number of hydrogen-bond acceptors (Lipinski definition) is 5. The molecule has 0 bridgehead atoms. The second kappa shape index (κ2) is 8.67. The summed E-state index contributed by atoms with van der Waals surface area (Å²) in [5, 5.41) is 1.15. The van der Waals surface area contributed by atoms with Gasteiger partial charge in [0.2, 0.25) is 5.91 Å². The number of methoxy groups -OCH3 is 1. The molecule has 1 aliphatic carbocycles. The van der Waals surface area contributed by atoms with E-state index in [0.717, 1.165) is 40.6 Å². The minimum absolute atomic E-state index is 0.0653. The highest BCUT2D eigenvalue weighted by atomic mass is 79.9. The molecule has 0 spiro atoms. The smallest absolute Gasteiger partial charge is 0.438 e. The minimum atomic E-state index is -0.713. The van der Waals surface area contributed by atoms with E-state index in [-0.39, 0.29) is 24.6 Å². The van der Waals surface area contributed by atoms with Crippen LogP contribution in [-0.2, 0) is 27.4 Å². The first-order chi connectivity index (χ1) is 14.9. The molecule has 0 unspecified atom stereocenters. The van der Waals surface area contributed by atoms with Crippen LogP contribution in [0, 0.1) is 5.92 Å². The van der Waals surface area contributed by atoms with E-state index in [2.05, 4.69) is 44.8 Å². The molecule has 31 heavy (non-hydrogen) atoms. The number of halogens is 1. The van der Waals surface area contributed by atoms with E-state index in [4.69, 9.17) is 4.74 Å². The summed E-state index contributed by atoms with van der Waals surface area (Å²) < 4.78 is 12.7. The zero-order valence-electron chi connectivity index (χ0n) is 18.4. The number of carbonyl (C=O) groups excluding carboxylic acids is 2. The predicted molar refractivity (Wildman–Crippen MR) is 123 cm³/mol. The van der Waals surface area contributed by atoms with Crippen LogP contribution in [0.4, 0.5) is 4.79 Å². The van der Waals surface area contributed by atoms with Crippen LogP contribution in [-0.4, -0.2) is 66.3 Å². The quantitative estimate of drug-likeness (QED) is 0.596. The Morgan fingerprint density at radius 2 is 2.00 bits per heavy atom. The number of benzene rings is 1. The Labute approximate surface area is 190 Å². The highest BCUT2D eigenvalue weighted by molar-refractivity contribution is 9.10. The average molecular weight is 490 g/mol. The van der Waals surface area contributed by atoms with Crippen LogP contribution >= 0.6 is 15.9 Å². The van der Waals surface area contributed by atoms with Crippen molar-refractivity contribution in [1.29, 1.82) is 0 Å². The van der Waals surface area contributed by atoms with E-state index in [9.17, 15) is 9.59 Å². The van der Waals surface area contributed by atoms with Crippen LogP contribution in [0.2, 0.25) is 0 Å². The first-order valence-corrected chi connectivity index (χ1v) is 11.4. The molecule has 0 N–H and O–H groups in total. The summed E-state index contributed by atoms with van der Waals surface area (Å²) in [5.74, 6) is 0.0344. The Balaban J connectivity index is 1.79. The Morgan fingerprint density at radius 3 is 2.68 bits per heavy atom. The molecule has 1 amide bonds. The van der Waals surface area contributed by atoms with Gasteiger partial charge in [-0.3, -0.25) is 9.69 Å². The minimum Gasteiger partial charge on any atom is -0.438 e. The average Bonchev–Trinajstić information content (AvgIpc) is 3.05. The van der Waals surface area contributed by atoms with Gasteiger partial charge in [0.05, 0.1) is 23.1 Å². The van der Waals surface area contributed by atoms with Gasteiger partial charge in [-0.05, 0) is 66.0 Å². The summed E-state index contributed by atoms with van der Waals surface area (Å²) in [7, 11) is 3.39. The summed E-state index contributed by atoms with van der Waals surface area (Å²) in [4.78, 5) is 28.8. The molecule has 0 saturated carbocycles. The van der Waals surface area contributed by atoms with Crippen molar-refractivity contribution in [2.45, 2.75) is 33.0 Å². The van der Waals surface area contributed by atoms with Crippen molar-refractivity contribution in [2.75, 3.05) is 33.8 Å². The summed E-state index contributed by atoms with van der Waals surface area (Å²) >= 11 is 3.74. The molecular weight excluding hydrogens is 462 g/mol. The van der Waals surface area contributed by atoms with Crippen molar-refractivity contribution in [3.63, 3.8) is 0 Å². The van der Waals surface area contributed by atoms with Gasteiger partial charge in [-0.2, -0.15) is 0 Å². The molecule has 2 atom stereocenters. The molecule has 2 heterocycles. The highest BCUT2D eigenvalue weighted by Gasteiger charge is 2.38. The standard InChI is InChI=1S/C23H28BrN3O4/c1-5-26(6-2)22(28)14-10-16-15-8-7-9-18-20(15)17(11-19(16)25(3)12-14)21(24)27(18)13-31-23(29)30-4/h7-10,14,19H,5-6,11-13H2,1-4H3/t14-,19-/m1/s1. The molecule has 1 aromatic carbocycles. The third kappa shape index (κ3) is 3.65. The van der Waals surface area contributed by atoms with Gasteiger partial charge in [0.25, 0.3) is 0 Å². The van der Waals surface area contributed by atoms with Crippen molar-refractivity contribution in [3.05, 3.63) is 40.0 Å². The Kier molecular flexibility index (Phi) is 6.12. The second-order valence-corrected chi connectivity index (χ2v) is 8.77. The van der Waals surface area contributed by atoms with E-state index >= 15 is 0 Å². The fourth-order valence-electron chi connectivity index (χ4n) is 4.89. The topological polar surface area (TPSA) is 64.0 Å². The molecule has 4 rings (SSSR count). The van der Waals surface area contributed by atoms with Crippen molar-refractivity contribution in [2.24, 2.45) is 5.92 Å². The number of amides is 1. The largest absolute Gasteiger partial charge is 0.509 e. The lowest BCUT2D eigenvalue weighted by Crippen LogP contribution is -2.47. The van der Waals surface area contributed by atoms with Crippen LogP contribution in [0.25, 0.3) is 16.5 Å². The molecule has 0 fully saturated rings. The van der Waals surface area contributed by atoms with Gasteiger partial charge < -0.3 is 18.9 Å². The molecule has 166 valence electrons. The van der Waals surface area contributed by atoms with Crippen LogP contribution in [0.15, 0.2) is 28.9 Å². The summed E-state index contributed by atoms with van der Waals surface area (Å²) in [6.45, 7) is 6.26. The fraction of sp³-hybridized carbons (Fsp3) is 0.478. The lowest BCUT2D eigenvalue weighted by molar-refractivity contribution is -0.134. The third-order valence-electron chi connectivity index (χ3n) is 6.46. The summed E-state index contributed by atoms with van der Waals surface area (Å²) in [6, 6.07) is 6.37. The monoisotopic (exact) mass is 489 g/mol. The van der Waals surface area contributed by atoms with E-state index < -0.39 is 6.16 Å². The van der Waals surface area contributed by atoms with Crippen molar-refractivity contribution < 1.29 is 19.1 Å². The fourth-order valence-corrected chi connectivity index (χ4v) is 5.54. The number of carbonyl (C=O) groups is 2.